The maximum Gasteiger partial charge on any atom is 0.410 e. The van der Waals surface area contributed by atoms with E-state index in [0.717, 1.165) is 40.6 Å². The van der Waals surface area contributed by atoms with E-state index in [1.165, 1.54) is 10.4 Å². The van der Waals surface area contributed by atoms with Gasteiger partial charge in [-0.2, -0.15) is 0 Å². The SMILES string of the molecule is CC(C)(C)[Si](C)(C)O[C@H]1CCCN(C(=O)OCc2ccccc2)[C@@H]1CC(=O)Cn1c(CO[Si](c2ccccc2)(c2ccccc2)C(C)(C)C)nc2cc(-c3ccccc3)ccc21. The van der Waals surface area contributed by atoms with Crippen molar-refractivity contribution in [2.45, 2.75) is 116 Å². The molecule has 1 amide bonds. The number of ether oxygens (including phenoxy) is 1. The molecular weight excluding hydrogens is 803 g/mol. The first-order chi connectivity index (χ1) is 29.6. The minimum Gasteiger partial charge on any atom is -0.445 e. The number of hydrogen-bond acceptors (Lipinski definition) is 6. The summed E-state index contributed by atoms with van der Waals surface area (Å²) in [6.07, 6.45) is 0.932. The van der Waals surface area contributed by atoms with E-state index in [2.05, 4.69) is 133 Å². The molecule has 7 rings (SSSR count). The maximum absolute atomic E-state index is 14.8. The number of amides is 1. The smallest absolute Gasteiger partial charge is 0.410 e. The highest BCUT2D eigenvalue weighted by Gasteiger charge is 2.50. The molecule has 1 aliphatic heterocycles. The Hall–Kier alpha value is -5.14. The van der Waals surface area contributed by atoms with Gasteiger partial charge >= 0.3 is 6.09 Å². The van der Waals surface area contributed by atoms with Crippen LogP contribution in [0.5, 0.6) is 0 Å². The number of hydrogen-bond donors (Lipinski definition) is 0. The van der Waals surface area contributed by atoms with Gasteiger partial charge in [0.25, 0.3) is 8.32 Å². The number of carbonyl (C=O) groups excluding carboxylic acids is 2. The minimum absolute atomic E-state index is 0.0141. The van der Waals surface area contributed by atoms with Crippen LogP contribution < -0.4 is 10.4 Å². The minimum atomic E-state index is -2.95. The van der Waals surface area contributed by atoms with Gasteiger partial charge in [-0.3, -0.25) is 4.79 Å². The van der Waals surface area contributed by atoms with Crippen molar-refractivity contribution in [3.05, 3.63) is 151 Å². The van der Waals surface area contributed by atoms with Crippen LogP contribution in [0, 0.1) is 0 Å². The third kappa shape index (κ3) is 9.74. The molecule has 1 fully saturated rings. The Labute approximate surface area is 370 Å². The van der Waals surface area contributed by atoms with Gasteiger partial charge in [0.05, 0.1) is 36.3 Å². The molecule has 1 saturated heterocycles. The summed E-state index contributed by atoms with van der Waals surface area (Å²) in [5.41, 5.74) is 4.70. The molecule has 0 N–H and O–H groups in total. The van der Waals surface area contributed by atoms with Gasteiger partial charge in [-0.05, 0) is 75.2 Å². The van der Waals surface area contributed by atoms with Gasteiger partial charge < -0.3 is 23.1 Å². The van der Waals surface area contributed by atoms with Crippen LogP contribution in [0.2, 0.25) is 23.2 Å². The zero-order chi connectivity index (χ0) is 44.1. The summed E-state index contributed by atoms with van der Waals surface area (Å²) in [4.78, 5) is 35.8. The maximum atomic E-state index is 14.8. The molecule has 2 atom stereocenters. The average molecular weight is 866 g/mol. The number of aromatic nitrogens is 2. The van der Waals surface area contributed by atoms with Crippen molar-refractivity contribution < 1.29 is 23.2 Å². The molecule has 6 aromatic rings. The summed E-state index contributed by atoms with van der Waals surface area (Å²) < 4.78 is 22.5. The van der Waals surface area contributed by atoms with Crippen molar-refractivity contribution in [2.75, 3.05) is 6.54 Å². The van der Waals surface area contributed by atoms with Gasteiger partial charge in [0.15, 0.2) is 14.1 Å². The Morgan fingerprint density at radius 2 is 1.29 bits per heavy atom. The number of ketones is 1. The summed E-state index contributed by atoms with van der Waals surface area (Å²) >= 11 is 0. The summed E-state index contributed by atoms with van der Waals surface area (Å²) in [6, 6.07) is 47.0. The normalized spacial score (nSPS) is 16.4. The predicted molar refractivity (Wildman–Crippen MR) is 256 cm³/mol. The van der Waals surface area contributed by atoms with E-state index in [1.807, 2.05) is 65.2 Å². The van der Waals surface area contributed by atoms with E-state index in [9.17, 15) is 9.59 Å². The molecule has 62 heavy (non-hydrogen) atoms. The van der Waals surface area contributed by atoms with E-state index < -0.39 is 28.8 Å². The fourth-order valence-electron chi connectivity index (χ4n) is 8.67. The lowest BCUT2D eigenvalue weighted by atomic mass is 9.95. The summed E-state index contributed by atoms with van der Waals surface area (Å²) in [6.45, 7) is 18.8. The van der Waals surface area contributed by atoms with E-state index in [4.69, 9.17) is 18.6 Å². The molecule has 1 aromatic heterocycles. The number of fused-ring (bicyclic) bond motifs is 1. The van der Waals surface area contributed by atoms with Crippen molar-refractivity contribution in [1.82, 2.24) is 14.5 Å². The molecule has 0 aliphatic carbocycles. The molecule has 10 heteroatoms. The van der Waals surface area contributed by atoms with Crippen LogP contribution in [0.3, 0.4) is 0 Å². The van der Waals surface area contributed by atoms with Crippen LogP contribution in [0.1, 0.15) is 72.2 Å². The molecule has 0 unspecified atom stereocenters. The van der Waals surface area contributed by atoms with Crippen LogP contribution in [-0.4, -0.2) is 61.7 Å². The first kappa shape index (κ1) is 44.9. The molecule has 0 saturated carbocycles. The number of carbonyl (C=O) groups is 2. The zero-order valence-corrected chi connectivity index (χ0v) is 39.8. The highest BCUT2D eigenvalue weighted by Crippen LogP contribution is 2.40. The number of piperidine rings is 1. The van der Waals surface area contributed by atoms with E-state index in [0.29, 0.717) is 12.4 Å². The quantitative estimate of drug-likeness (QED) is 0.101. The third-order valence-corrected chi connectivity index (χ3v) is 22.4. The molecule has 8 nitrogen and oxygen atoms in total. The highest BCUT2D eigenvalue weighted by atomic mass is 28.4. The molecule has 1 aliphatic rings. The standard InChI is InChI=1S/C52H63N3O5Si2/c1-51(2,3)61(7,8)60-48-30-21-33-54(50(57)58-37-39-22-13-9-14-23-39)47(48)35-42(56)36-55-46-32-31-41(40-24-15-10-16-25-40)34-45(46)53-49(55)38-59-62(52(4,5)6,43-26-17-11-18-27-43)44-28-19-12-20-29-44/h9-20,22-29,31-32,34,47-48H,21,30,33,35-38H2,1-8H3/t47-,48+/m1/s1. The third-order valence-electron chi connectivity index (χ3n) is 12.9. The number of imidazole rings is 1. The van der Waals surface area contributed by atoms with Crippen LogP contribution in [0.15, 0.2) is 140 Å². The lowest BCUT2D eigenvalue weighted by Gasteiger charge is -2.46. The molecule has 0 radical (unpaired) electrons. The molecular formula is C52H63N3O5Si2. The molecule has 324 valence electrons. The van der Waals surface area contributed by atoms with E-state index >= 15 is 0 Å². The Balaban J connectivity index is 1.25. The lowest BCUT2D eigenvalue weighted by Crippen LogP contribution is -2.66. The van der Waals surface area contributed by atoms with Crippen LogP contribution in [0.25, 0.3) is 22.2 Å². The number of Topliss-reactive ketones (excluding diaryl/α,β-unsaturated/α-hetero) is 1. The van der Waals surface area contributed by atoms with E-state index in [-0.39, 0.29) is 48.1 Å². The molecule has 2 heterocycles. The van der Waals surface area contributed by atoms with Crippen molar-refractivity contribution in [3.63, 3.8) is 0 Å². The van der Waals surface area contributed by atoms with Gasteiger partial charge in [-0.25, -0.2) is 9.78 Å². The molecule has 0 bridgehead atoms. The Morgan fingerprint density at radius 1 is 0.710 bits per heavy atom. The highest BCUT2D eigenvalue weighted by molar-refractivity contribution is 6.99. The molecule has 5 aromatic carbocycles. The van der Waals surface area contributed by atoms with Gasteiger partial charge in [-0.15, -0.1) is 0 Å². The largest absolute Gasteiger partial charge is 0.445 e. The first-order valence-electron chi connectivity index (χ1n) is 22.0. The second-order valence-electron chi connectivity index (χ2n) is 19.2. The Bertz CT molecular complexity index is 2390. The second-order valence-corrected chi connectivity index (χ2v) is 28.3. The Morgan fingerprint density at radius 3 is 1.87 bits per heavy atom. The number of rotatable bonds is 14. The fraction of sp³-hybridized carbons (Fsp3) is 0.365. The van der Waals surface area contributed by atoms with Gasteiger partial charge in [0.1, 0.15) is 12.4 Å². The summed E-state index contributed by atoms with van der Waals surface area (Å²) in [5.74, 6) is 0.670. The van der Waals surface area contributed by atoms with E-state index in [1.54, 1.807) is 4.90 Å². The van der Waals surface area contributed by atoms with Crippen LogP contribution in [0.4, 0.5) is 4.79 Å². The molecule has 0 spiro atoms. The number of nitrogens with zero attached hydrogens (tertiary/aromatic N) is 3. The van der Waals surface area contributed by atoms with Crippen molar-refractivity contribution >= 4 is 49.9 Å². The van der Waals surface area contributed by atoms with Crippen LogP contribution >= 0.6 is 0 Å². The van der Waals surface area contributed by atoms with Crippen molar-refractivity contribution in [1.29, 1.82) is 0 Å². The first-order valence-corrected chi connectivity index (χ1v) is 26.9. The van der Waals surface area contributed by atoms with Gasteiger partial charge in [-0.1, -0.05) is 169 Å². The lowest BCUT2D eigenvalue weighted by molar-refractivity contribution is -0.122. The fourth-order valence-corrected chi connectivity index (χ4v) is 14.6. The number of likely N-dealkylation sites (tertiary alicyclic amines) is 1. The monoisotopic (exact) mass is 865 g/mol. The van der Waals surface area contributed by atoms with Crippen LogP contribution in [-0.2, 0) is 38.1 Å². The van der Waals surface area contributed by atoms with Crippen molar-refractivity contribution in [2.24, 2.45) is 0 Å². The van der Waals surface area contributed by atoms with Gasteiger partial charge in [0.2, 0.25) is 0 Å². The average Bonchev–Trinajstić information content (AvgIpc) is 3.59. The topological polar surface area (TPSA) is 82.9 Å². The zero-order valence-electron chi connectivity index (χ0n) is 37.8. The van der Waals surface area contributed by atoms with Gasteiger partial charge in [0, 0.05) is 13.0 Å². The predicted octanol–water partition coefficient (Wildman–Crippen LogP) is 10.9. The second kappa shape index (κ2) is 18.7. The Kier molecular flexibility index (Phi) is 13.5. The van der Waals surface area contributed by atoms with Crippen molar-refractivity contribution in [3.8, 4) is 11.1 Å². The number of benzene rings is 5. The summed E-state index contributed by atoms with van der Waals surface area (Å²) in [7, 11) is -5.23. The summed E-state index contributed by atoms with van der Waals surface area (Å²) in [5, 5.41) is 2.05.